The maximum Gasteiger partial charge on any atom is 0.432 e. The highest BCUT2D eigenvalue weighted by Crippen LogP contribution is 1.92. The van der Waals surface area contributed by atoms with E-state index in [9.17, 15) is 0 Å². The van der Waals surface area contributed by atoms with Gasteiger partial charge in [0, 0.05) is 0 Å². The molecule has 0 amide bonds. The van der Waals surface area contributed by atoms with Crippen LogP contribution in [0.1, 0.15) is 5.56 Å². The zero-order valence-corrected chi connectivity index (χ0v) is 5.94. The lowest BCUT2D eigenvalue weighted by molar-refractivity contribution is 0.448. The fourth-order valence-electron chi connectivity index (χ4n) is 0.513. The average Bonchev–Trinajstić information content (AvgIpc) is 2.08. The van der Waals surface area contributed by atoms with Crippen LogP contribution in [0.3, 0.4) is 0 Å². The van der Waals surface area contributed by atoms with Crippen LogP contribution in [-0.4, -0.2) is 17.7 Å². The van der Waals surface area contributed by atoms with Gasteiger partial charge in [-0.15, -0.1) is 0 Å². The van der Waals surface area contributed by atoms with Crippen molar-refractivity contribution >= 4 is 7.69 Å². The molecule has 0 radical (unpaired) electrons. The predicted octanol–water partition coefficient (Wildman–Crippen LogP) is -0.204. The van der Waals surface area contributed by atoms with Gasteiger partial charge in [-0.3, -0.25) is 0 Å². The largest absolute Gasteiger partial charge is 0.432 e. The summed E-state index contributed by atoms with van der Waals surface area (Å²) in [5.74, 6) is 0. The molecule has 1 rings (SSSR count). The third-order valence-corrected chi connectivity index (χ3v) is 0.903. The molecule has 0 aliphatic rings. The van der Waals surface area contributed by atoms with E-state index < -0.39 is 7.69 Å². The van der Waals surface area contributed by atoms with Crippen LogP contribution in [-0.2, 0) is 0 Å². The van der Waals surface area contributed by atoms with Crippen LogP contribution < -0.4 is 0 Å². The molecule has 0 saturated carbocycles. The minimum Gasteiger partial charge on any atom is -0.430 e. The maximum absolute atomic E-state index is 8.29. The van der Waals surface area contributed by atoms with Crippen molar-refractivity contribution in [1.82, 2.24) is 0 Å². The first-order chi connectivity index (χ1) is 5.35. The van der Waals surface area contributed by atoms with E-state index in [0.29, 0.717) is 5.56 Å². The Morgan fingerprint density at radius 3 is 1.91 bits per heavy atom. The Balaban J connectivity index is 0.000000292. The Hall–Kier alpha value is -1.31. The Morgan fingerprint density at radius 1 is 1.18 bits per heavy atom. The summed E-state index contributed by atoms with van der Waals surface area (Å²) in [4.78, 5) is 0. The smallest absolute Gasteiger partial charge is 0.430 e. The van der Waals surface area contributed by atoms with E-state index in [1.54, 1.807) is 12.1 Å². The highest BCUT2D eigenvalue weighted by atomic mass is 16.4. The molecule has 0 saturated heterocycles. The van der Waals surface area contributed by atoms with Gasteiger partial charge in [0.25, 0.3) is 0 Å². The Morgan fingerprint density at radius 2 is 1.64 bits per heavy atom. The van der Waals surface area contributed by atoms with Crippen molar-refractivity contribution in [2.75, 3.05) is 0 Å². The van der Waals surface area contributed by atoms with Gasteiger partial charge in [0.15, 0.2) is 0 Å². The molecule has 3 nitrogen and oxygen atoms in total. The summed E-state index contributed by atoms with van der Waals surface area (Å²) in [5, 5.41) is 22.5. The molecular formula is C7H8BNO2. The lowest BCUT2D eigenvalue weighted by atomic mass is 10.2. The molecule has 4 heteroatoms. The van der Waals surface area contributed by atoms with Crippen LogP contribution in [0.2, 0.25) is 0 Å². The van der Waals surface area contributed by atoms with Crippen molar-refractivity contribution in [1.29, 1.82) is 5.26 Å². The molecular weight excluding hydrogens is 141 g/mol. The topological polar surface area (TPSA) is 64.2 Å². The number of nitriles is 1. The number of nitrogens with zero attached hydrogens (tertiary/aromatic N) is 1. The lowest BCUT2D eigenvalue weighted by Gasteiger charge is -1.80. The van der Waals surface area contributed by atoms with Gasteiger partial charge < -0.3 is 10.0 Å². The third-order valence-electron chi connectivity index (χ3n) is 0.903. The van der Waals surface area contributed by atoms with Crippen LogP contribution in [0.4, 0.5) is 0 Å². The molecule has 1 aromatic rings. The van der Waals surface area contributed by atoms with Gasteiger partial charge in [-0.05, 0) is 12.1 Å². The molecule has 2 N–H and O–H groups in total. The number of hydrogen-bond acceptors (Lipinski definition) is 3. The standard InChI is InChI=1S/C7H5N.BH3O2/c8-6-7-4-2-1-3-5-7;2-1-3/h1-5H;1-3H. The van der Waals surface area contributed by atoms with Crippen LogP contribution in [0.15, 0.2) is 30.3 Å². The fraction of sp³-hybridized carbons (Fsp3) is 0. The zero-order valence-electron chi connectivity index (χ0n) is 5.94. The first-order valence-corrected chi connectivity index (χ1v) is 3.02. The van der Waals surface area contributed by atoms with Crippen LogP contribution in [0, 0.1) is 11.3 Å². The van der Waals surface area contributed by atoms with E-state index in [2.05, 4.69) is 0 Å². The quantitative estimate of drug-likeness (QED) is 0.501. The van der Waals surface area contributed by atoms with Gasteiger partial charge in [-0.25, -0.2) is 0 Å². The molecule has 0 atom stereocenters. The molecule has 0 fully saturated rings. The van der Waals surface area contributed by atoms with Gasteiger partial charge in [0.1, 0.15) is 0 Å². The number of hydrogen-bond donors (Lipinski definition) is 2. The number of benzene rings is 1. The molecule has 0 aliphatic heterocycles. The highest BCUT2D eigenvalue weighted by molar-refractivity contribution is 6.13. The lowest BCUT2D eigenvalue weighted by Crippen LogP contribution is -1.75. The van der Waals surface area contributed by atoms with Crippen molar-refractivity contribution in [2.24, 2.45) is 0 Å². The van der Waals surface area contributed by atoms with E-state index in [-0.39, 0.29) is 0 Å². The number of rotatable bonds is 0. The summed E-state index contributed by atoms with van der Waals surface area (Å²) in [6.07, 6.45) is 0. The van der Waals surface area contributed by atoms with Crippen molar-refractivity contribution < 1.29 is 10.0 Å². The second-order valence-corrected chi connectivity index (χ2v) is 1.62. The maximum atomic E-state index is 8.29. The van der Waals surface area contributed by atoms with Crippen molar-refractivity contribution in [3.05, 3.63) is 35.9 Å². The van der Waals surface area contributed by atoms with Gasteiger partial charge in [-0.2, -0.15) is 5.26 Å². The van der Waals surface area contributed by atoms with Crippen molar-refractivity contribution in [2.45, 2.75) is 0 Å². The summed E-state index contributed by atoms with van der Waals surface area (Å²) < 4.78 is 0. The van der Waals surface area contributed by atoms with Crippen LogP contribution >= 0.6 is 0 Å². The average molecular weight is 149 g/mol. The summed E-state index contributed by atoms with van der Waals surface area (Å²) in [7, 11) is -0.750. The second-order valence-electron chi connectivity index (χ2n) is 1.62. The summed E-state index contributed by atoms with van der Waals surface area (Å²) in [6.45, 7) is 0. The van der Waals surface area contributed by atoms with Crippen LogP contribution in [0.25, 0.3) is 0 Å². The zero-order chi connectivity index (χ0) is 8.53. The minimum absolute atomic E-state index is 0.715. The monoisotopic (exact) mass is 149 g/mol. The normalized spacial score (nSPS) is 7.00. The van der Waals surface area contributed by atoms with Crippen molar-refractivity contribution in [3.8, 4) is 6.07 Å². The summed E-state index contributed by atoms with van der Waals surface area (Å²) in [6, 6.07) is 11.2. The molecule has 0 aromatic heterocycles. The molecule has 0 unspecified atom stereocenters. The first-order valence-electron chi connectivity index (χ1n) is 3.02. The summed E-state index contributed by atoms with van der Waals surface area (Å²) >= 11 is 0. The molecule has 1 aromatic carbocycles. The predicted molar refractivity (Wildman–Crippen MR) is 42.7 cm³/mol. The van der Waals surface area contributed by atoms with E-state index in [1.807, 2.05) is 24.3 Å². The molecule has 0 bridgehead atoms. The van der Waals surface area contributed by atoms with E-state index >= 15 is 0 Å². The highest BCUT2D eigenvalue weighted by Gasteiger charge is 1.79. The Labute approximate surface area is 65.8 Å². The van der Waals surface area contributed by atoms with Gasteiger partial charge in [-0.1, -0.05) is 18.2 Å². The Kier molecular flexibility index (Phi) is 6.00. The molecule has 56 valence electrons. The third kappa shape index (κ3) is 5.15. The fourth-order valence-corrected chi connectivity index (χ4v) is 0.513. The molecule has 0 spiro atoms. The first kappa shape index (κ1) is 9.69. The van der Waals surface area contributed by atoms with Gasteiger partial charge in [0.05, 0.1) is 11.6 Å². The van der Waals surface area contributed by atoms with E-state index in [4.69, 9.17) is 15.3 Å². The van der Waals surface area contributed by atoms with Crippen molar-refractivity contribution in [3.63, 3.8) is 0 Å². The molecule has 0 aliphatic carbocycles. The van der Waals surface area contributed by atoms with Crippen LogP contribution in [0.5, 0.6) is 0 Å². The van der Waals surface area contributed by atoms with Gasteiger partial charge >= 0.3 is 7.69 Å². The van der Waals surface area contributed by atoms with Gasteiger partial charge in [0.2, 0.25) is 0 Å². The summed E-state index contributed by atoms with van der Waals surface area (Å²) in [5.41, 5.74) is 0.715. The Bertz CT molecular complexity index is 220. The molecule has 11 heavy (non-hydrogen) atoms. The van der Waals surface area contributed by atoms with E-state index in [1.165, 1.54) is 0 Å². The minimum atomic E-state index is -0.750. The SMILES string of the molecule is N#Cc1ccccc1.OBO. The van der Waals surface area contributed by atoms with E-state index in [0.717, 1.165) is 0 Å². The molecule has 0 heterocycles. The second kappa shape index (κ2) is 6.81.